The fourth-order valence-corrected chi connectivity index (χ4v) is 3.10. The predicted molar refractivity (Wildman–Crippen MR) is 79.6 cm³/mol. The first-order valence-electron chi connectivity index (χ1n) is 8.04. The van der Waals surface area contributed by atoms with E-state index < -0.39 is 6.04 Å². The number of morpholine rings is 1. The van der Waals surface area contributed by atoms with Crippen molar-refractivity contribution in [1.82, 2.24) is 10.2 Å². The Hall–Kier alpha value is -1.14. The van der Waals surface area contributed by atoms with E-state index in [1.807, 2.05) is 6.92 Å². The Labute approximate surface area is 126 Å². The molecule has 0 aromatic rings. The predicted octanol–water partition coefficient (Wildman–Crippen LogP) is 0.258. The summed E-state index contributed by atoms with van der Waals surface area (Å²) >= 11 is 0. The van der Waals surface area contributed by atoms with Crippen molar-refractivity contribution >= 4 is 11.8 Å². The fourth-order valence-electron chi connectivity index (χ4n) is 3.10. The van der Waals surface area contributed by atoms with Crippen LogP contribution in [0.1, 0.15) is 39.0 Å². The van der Waals surface area contributed by atoms with E-state index in [2.05, 4.69) is 5.32 Å². The molecule has 1 saturated heterocycles. The standard InChI is InChI=1S/C15H27N3O3/c1-2-13(15(20)18-6-8-21-9-7-18)17-14(19)11-4-3-5-12(16)10-11/h11-13H,2-10,16H2,1H3,(H,17,19). The number of rotatable bonds is 4. The van der Waals surface area contributed by atoms with Gasteiger partial charge in [-0.15, -0.1) is 0 Å². The van der Waals surface area contributed by atoms with Gasteiger partial charge < -0.3 is 20.7 Å². The van der Waals surface area contributed by atoms with Crippen LogP contribution in [0.5, 0.6) is 0 Å². The molecule has 120 valence electrons. The van der Waals surface area contributed by atoms with E-state index in [0.717, 1.165) is 25.7 Å². The first-order chi connectivity index (χ1) is 10.1. The lowest BCUT2D eigenvalue weighted by molar-refractivity contribution is -0.141. The number of carbonyl (C=O) groups excluding carboxylic acids is 2. The van der Waals surface area contributed by atoms with Gasteiger partial charge in [-0.25, -0.2) is 0 Å². The molecule has 0 radical (unpaired) electrons. The van der Waals surface area contributed by atoms with E-state index in [-0.39, 0.29) is 23.8 Å². The van der Waals surface area contributed by atoms with Gasteiger partial charge in [-0.1, -0.05) is 13.3 Å². The Morgan fingerprint density at radius 2 is 2.05 bits per heavy atom. The summed E-state index contributed by atoms with van der Waals surface area (Å²) < 4.78 is 5.26. The van der Waals surface area contributed by atoms with Gasteiger partial charge in [0.25, 0.3) is 0 Å². The van der Waals surface area contributed by atoms with Crippen molar-refractivity contribution in [2.75, 3.05) is 26.3 Å². The third-order valence-corrected chi connectivity index (χ3v) is 4.43. The minimum atomic E-state index is -0.422. The van der Waals surface area contributed by atoms with Crippen LogP contribution in [0.3, 0.4) is 0 Å². The maximum Gasteiger partial charge on any atom is 0.245 e. The van der Waals surface area contributed by atoms with Gasteiger partial charge >= 0.3 is 0 Å². The highest BCUT2D eigenvalue weighted by Gasteiger charge is 2.30. The third-order valence-electron chi connectivity index (χ3n) is 4.43. The number of nitrogens with zero attached hydrogens (tertiary/aromatic N) is 1. The van der Waals surface area contributed by atoms with Crippen molar-refractivity contribution in [1.29, 1.82) is 0 Å². The Balaban J connectivity index is 1.88. The second-order valence-electron chi connectivity index (χ2n) is 6.03. The van der Waals surface area contributed by atoms with E-state index in [1.54, 1.807) is 4.90 Å². The molecule has 2 rings (SSSR count). The topological polar surface area (TPSA) is 84.7 Å². The average molecular weight is 297 g/mol. The zero-order chi connectivity index (χ0) is 15.2. The van der Waals surface area contributed by atoms with Crippen LogP contribution in [0.2, 0.25) is 0 Å². The molecule has 1 aliphatic carbocycles. The smallest absolute Gasteiger partial charge is 0.245 e. The molecule has 1 heterocycles. The van der Waals surface area contributed by atoms with Crippen LogP contribution in [0.4, 0.5) is 0 Å². The molecule has 6 heteroatoms. The zero-order valence-corrected chi connectivity index (χ0v) is 12.8. The maximum atomic E-state index is 12.4. The molecule has 2 aliphatic rings. The Morgan fingerprint density at radius 3 is 2.67 bits per heavy atom. The van der Waals surface area contributed by atoms with Gasteiger partial charge in [0, 0.05) is 25.0 Å². The zero-order valence-electron chi connectivity index (χ0n) is 12.8. The number of hydrogen-bond acceptors (Lipinski definition) is 4. The molecule has 3 atom stereocenters. The fraction of sp³-hybridized carbons (Fsp3) is 0.867. The van der Waals surface area contributed by atoms with Crippen molar-refractivity contribution in [3.05, 3.63) is 0 Å². The van der Waals surface area contributed by atoms with Crippen molar-refractivity contribution in [2.45, 2.75) is 51.1 Å². The van der Waals surface area contributed by atoms with E-state index in [1.165, 1.54) is 0 Å². The number of carbonyl (C=O) groups is 2. The lowest BCUT2D eigenvalue weighted by atomic mass is 9.85. The molecule has 1 aliphatic heterocycles. The van der Waals surface area contributed by atoms with E-state index >= 15 is 0 Å². The summed E-state index contributed by atoms with van der Waals surface area (Å²) in [6.07, 6.45) is 4.21. The highest BCUT2D eigenvalue weighted by molar-refractivity contribution is 5.88. The van der Waals surface area contributed by atoms with Gasteiger partial charge in [-0.05, 0) is 25.7 Å². The minimum absolute atomic E-state index is 0.00857. The Bertz CT molecular complexity index is 369. The first kappa shape index (κ1) is 16.2. The number of nitrogens with two attached hydrogens (primary N) is 1. The van der Waals surface area contributed by atoms with Crippen molar-refractivity contribution in [3.8, 4) is 0 Å². The van der Waals surface area contributed by atoms with Gasteiger partial charge in [0.05, 0.1) is 13.2 Å². The summed E-state index contributed by atoms with van der Waals surface area (Å²) in [6.45, 7) is 4.30. The summed E-state index contributed by atoms with van der Waals surface area (Å²) in [5, 5.41) is 2.93. The van der Waals surface area contributed by atoms with E-state index in [0.29, 0.717) is 32.7 Å². The number of amides is 2. The van der Waals surface area contributed by atoms with E-state index in [4.69, 9.17) is 10.5 Å². The first-order valence-corrected chi connectivity index (χ1v) is 8.04. The minimum Gasteiger partial charge on any atom is -0.378 e. The molecular formula is C15H27N3O3. The Morgan fingerprint density at radius 1 is 1.33 bits per heavy atom. The van der Waals surface area contributed by atoms with Crippen molar-refractivity contribution in [3.63, 3.8) is 0 Å². The summed E-state index contributed by atoms with van der Waals surface area (Å²) in [5.74, 6) is -0.0480. The average Bonchev–Trinajstić information content (AvgIpc) is 2.52. The lowest BCUT2D eigenvalue weighted by Crippen LogP contribution is -2.53. The second-order valence-corrected chi connectivity index (χ2v) is 6.03. The van der Waals surface area contributed by atoms with Gasteiger partial charge in [-0.3, -0.25) is 9.59 Å². The van der Waals surface area contributed by atoms with Crippen LogP contribution >= 0.6 is 0 Å². The monoisotopic (exact) mass is 297 g/mol. The van der Waals surface area contributed by atoms with Gasteiger partial charge in [-0.2, -0.15) is 0 Å². The van der Waals surface area contributed by atoms with Crippen LogP contribution in [-0.2, 0) is 14.3 Å². The molecule has 0 bridgehead atoms. The number of nitrogens with one attached hydrogen (secondary N) is 1. The van der Waals surface area contributed by atoms with Crippen molar-refractivity contribution < 1.29 is 14.3 Å². The quantitative estimate of drug-likeness (QED) is 0.779. The van der Waals surface area contributed by atoms with Crippen LogP contribution in [0, 0.1) is 5.92 Å². The van der Waals surface area contributed by atoms with Crippen LogP contribution in [0.15, 0.2) is 0 Å². The molecule has 0 aromatic heterocycles. The molecule has 2 fully saturated rings. The molecule has 3 N–H and O–H groups in total. The molecule has 3 unspecified atom stereocenters. The summed E-state index contributed by atoms with van der Waals surface area (Å²) in [5.41, 5.74) is 5.93. The molecule has 21 heavy (non-hydrogen) atoms. The molecule has 0 aromatic carbocycles. The molecule has 6 nitrogen and oxygen atoms in total. The Kier molecular flexibility index (Phi) is 5.99. The van der Waals surface area contributed by atoms with Crippen molar-refractivity contribution in [2.24, 2.45) is 11.7 Å². The van der Waals surface area contributed by atoms with Gasteiger partial charge in [0.2, 0.25) is 11.8 Å². The third kappa shape index (κ3) is 4.41. The molecule has 2 amide bonds. The highest BCUT2D eigenvalue weighted by Crippen LogP contribution is 2.23. The molecule has 1 saturated carbocycles. The number of hydrogen-bond donors (Lipinski definition) is 2. The van der Waals surface area contributed by atoms with Gasteiger partial charge in [0.15, 0.2) is 0 Å². The normalized spacial score (nSPS) is 28.0. The van der Waals surface area contributed by atoms with E-state index in [9.17, 15) is 9.59 Å². The summed E-state index contributed by atoms with van der Waals surface area (Å²) in [4.78, 5) is 26.6. The summed E-state index contributed by atoms with van der Waals surface area (Å²) in [7, 11) is 0. The lowest BCUT2D eigenvalue weighted by Gasteiger charge is -2.32. The van der Waals surface area contributed by atoms with Crippen LogP contribution < -0.4 is 11.1 Å². The highest BCUT2D eigenvalue weighted by atomic mass is 16.5. The second kappa shape index (κ2) is 7.75. The maximum absolute atomic E-state index is 12.4. The largest absolute Gasteiger partial charge is 0.378 e. The molecular weight excluding hydrogens is 270 g/mol. The SMILES string of the molecule is CCC(NC(=O)C1CCCC(N)C1)C(=O)N1CCOCC1. The van der Waals surface area contributed by atoms with Gasteiger partial charge in [0.1, 0.15) is 6.04 Å². The molecule has 0 spiro atoms. The summed E-state index contributed by atoms with van der Waals surface area (Å²) in [6, 6.07) is -0.307. The van der Waals surface area contributed by atoms with Crippen LogP contribution in [0.25, 0.3) is 0 Å². The van der Waals surface area contributed by atoms with Crippen LogP contribution in [-0.4, -0.2) is 55.1 Å². The number of ether oxygens (including phenoxy) is 1.